The van der Waals surface area contributed by atoms with Gasteiger partial charge in [0.25, 0.3) is 0 Å². The molecule has 0 amide bonds. The fraction of sp³-hybridized carbons (Fsp3) is 1.00. The van der Waals surface area contributed by atoms with Gasteiger partial charge in [0.05, 0.1) is 0 Å². The molecule has 0 rings (SSSR count). The second-order valence-corrected chi connectivity index (χ2v) is 14.4. The number of unbranched alkanes of at least 4 members (excludes halogenated alkanes) is 2. The Hall–Kier alpha value is 1.11. The maximum atomic E-state index is 5.38. The van der Waals surface area contributed by atoms with Crippen molar-refractivity contribution in [2.24, 2.45) is 5.73 Å². The van der Waals surface area contributed by atoms with Crippen molar-refractivity contribution in [2.75, 3.05) is 10.3 Å². The third-order valence-electron chi connectivity index (χ3n) is 1.71. The Balaban J connectivity index is 2.89. The Morgan fingerprint density at radius 3 is 2.50 bits per heavy atom. The van der Waals surface area contributed by atoms with E-state index in [1.807, 2.05) is 0 Å². The SMILES string of the molecule is [CH3][SnH]([CH2]S)[CH2]CCCCN. The summed E-state index contributed by atoms with van der Waals surface area (Å²) in [7, 11) is 0. The summed E-state index contributed by atoms with van der Waals surface area (Å²) in [6.07, 6.45) is 3.96. The van der Waals surface area contributed by atoms with Crippen molar-refractivity contribution in [1.29, 1.82) is 0 Å². The Morgan fingerprint density at radius 1 is 1.30 bits per heavy atom. The van der Waals surface area contributed by atoms with Crippen LogP contribution < -0.4 is 5.73 Å². The van der Waals surface area contributed by atoms with Crippen LogP contribution in [0.3, 0.4) is 0 Å². The zero-order valence-corrected chi connectivity index (χ0v) is 11.0. The number of thiol groups is 1. The van der Waals surface area contributed by atoms with Crippen LogP contribution in [0.1, 0.15) is 19.3 Å². The summed E-state index contributed by atoms with van der Waals surface area (Å²) in [5.41, 5.74) is 5.38. The van der Waals surface area contributed by atoms with Crippen molar-refractivity contribution >= 4 is 32.4 Å². The topological polar surface area (TPSA) is 26.0 Å². The number of hydrogen-bond donors (Lipinski definition) is 2. The van der Waals surface area contributed by atoms with E-state index in [1.54, 1.807) is 0 Å². The van der Waals surface area contributed by atoms with Crippen LogP contribution in [0.5, 0.6) is 0 Å². The van der Waals surface area contributed by atoms with Gasteiger partial charge in [0.2, 0.25) is 0 Å². The predicted octanol–water partition coefficient (Wildman–Crippen LogP) is 1.44. The van der Waals surface area contributed by atoms with Crippen molar-refractivity contribution in [3.63, 3.8) is 0 Å². The van der Waals surface area contributed by atoms with E-state index in [9.17, 15) is 0 Å². The summed E-state index contributed by atoms with van der Waals surface area (Å²) in [5.74, 6) is 0. The van der Waals surface area contributed by atoms with Crippen molar-refractivity contribution in [2.45, 2.75) is 28.6 Å². The molecule has 1 nitrogen and oxygen atoms in total. The monoisotopic (exact) mass is 269 g/mol. The molecule has 0 aromatic heterocycles. The summed E-state index contributed by atoms with van der Waals surface area (Å²) in [5, 5.41) is 0. The predicted molar refractivity (Wildman–Crippen MR) is 54.6 cm³/mol. The van der Waals surface area contributed by atoms with Crippen molar-refractivity contribution in [3.05, 3.63) is 0 Å². The van der Waals surface area contributed by atoms with Crippen LogP contribution in [0.4, 0.5) is 0 Å². The first kappa shape index (κ1) is 11.1. The van der Waals surface area contributed by atoms with E-state index in [0.717, 1.165) is 6.54 Å². The minimum atomic E-state index is -1.00. The van der Waals surface area contributed by atoms with Gasteiger partial charge in [-0.2, -0.15) is 0 Å². The molecule has 0 aliphatic heterocycles. The van der Waals surface area contributed by atoms with Gasteiger partial charge in [0.1, 0.15) is 0 Å². The Kier molecular flexibility index (Phi) is 9.12. The van der Waals surface area contributed by atoms with E-state index in [4.69, 9.17) is 5.73 Å². The number of nitrogens with two attached hydrogens (primary N) is 1. The van der Waals surface area contributed by atoms with Crippen LogP contribution in [0.2, 0.25) is 9.38 Å². The van der Waals surface area contributed by atoms with Crippen LogP contribution in [-0.2, 0) is 0 Å². The molecule has 0 radical (unpaired) electrons. The van der Waals surface area contributed by atoms with Crippen LogP contribution in [-0.4, -0.2) is 30.1 Å². The van der Waals surface area contributed by atoms with Crippen LogP contribution in [0.15, 0.2) is 0 Å². The third kappa shape index (κ3) is 7.22. The molecule has 3 heteroatoms. The van der Waals surface area contributed by atoms with Gasteiger partial charge in [-0.1, -0.05) is 0 Å². The molecule has 0 aliphatic rings. The summed E-state index contributed by atoms with van der Waals surface area (Å²) in [4.78, 5) is 2.46. The van der Waals surface area contributed by atoms with Crippen molar-refractivity contribution in [3.8, 4) is 0 Å². The fourth-order valence-electron chi connectivity index (χ4n) is 0.905. The summed E-state index contributed by atoms with van der Waals surface area (Å²) >= 11 is 3.30. The standard InChI is InChI=1S/C5H12N.CH3S.CH3.Sn.H/c1-2-3-4-5-6;1-2;;;/h1-6H2;2H,1H2;1H3;;. The van der Waals surface area contributed by atoms with Gasteiger partial charge < -0.3 is 0 Å². The van der Waals surface area contributed by atoms with E-state index in [0.29, 0.717) is 0 Å². The zero-order valence-electron chi connectivity index (χ0n) is 6.84. The van der Waals surface area contributed by atoms with Gasteiger partial charge in [-0.25, -0.2) is 0 Å². The average Bonchev–Trinajstić information content (AvgIpc) is 1.98. The normalized spacial score (nSPS) is 13.5. The van der Waals surface area contributed by atoms with Gasteiger partial charge in [-0.3, -0.25) is 0 Å². The Bertz CT molecular complexity index is 70.6. The Morgan fingerprint density at radius 2 is 2.00 bits per heavy atom. The van der Waals surface area contributed by atoms with Crippen LogP contribution in [0, 0.1) is 0 Å². The number of rotatable bonds is 6. The van der Waals surface area contributed by atoms with E-state index in [-0.39, 0.29) is 0 Å². The molecule has 0 bridgehead atoms. The molecular formula is C7H19NSSn. The van der Waals surface area contributed by atoms with E-state index in [1.165, 1.54) is 27.5 Å². The molecule has 0 saturated carbocycles. The summed E-state index contributed by atoms with van der Waals surface area (Å²) in [6.45, 7) is 0.866. The molecule has 2 N–H and O–H groups in total. The van der Waals surface area contributed by atoms with Gasteiger partial charge in [0.15, 0.2) is 0 Å². The van der Waals surface area contributed by atoms with Crippen LogP contribution >= 0.6 is 12.6 Å². The van der Waals surface area contributed by atoms with Crippen LogP contribution in [0.25, 0.3) is 0 Å². The minimum absolute atomic E-state index is 0.866. The molecular weight excluding hydrogens is 249 g/mol. The second kappa shape index (κ2) is 8.21. The molecule has 0 aliphatic carbocycles. The van der Waals surface area contributed by atoms with E-state index < -0.39 is 19.8 Å². The first-order chi connectivity index (χ1) is 4.81. The summed E-state index contributed by atoms with van der Waals surface area (Å²) in [6, 6.07) is 0. The van der Waals surface area contributed by atoms with Gasteiger partial charge in [-0.05, 0) is 0 Å². The second-order valence-electron chi connectivity index (χ2n) is 2.93. The molecule has 0 spiro atoms. The first-order valence-electron chi connectivity index (χ1n) is 4.12. The van der Waals surface area contributed by atoms with E-state index in [2.05, 4.69) is 17.6 Å². The molecule has 1 atom stereocenters. The van der Waals surface area contributed by atoms with Crippen molar-refractivity contribution < 1.29 is 0 Å². The summed E-state index contributed by atoms with van der Waals surface area (Å²) < 4.78 is 2.75. The molecule has 0 aromatic carbocycles. The van der Waals surface area contributed by atoms with Gasteiger partial charge in [-0.15, -0.1) is 0 Å². The van der Waals surface area contributed by atoms with E-state index >= 15 is 0 Å². The molecule has 0 fully saturated rings. The fourth-order valence-corrected chi connectivity index (χ4v) is 5.46. The molecule has 62 valence electrons. The zero-order chi connectivity index (χ0) is 7.82. The number of hydrogen-bond acceptors (Lipinski definition) is 2. The van der Waals surface area contributed by atoms with Gasteiger partial charge >= 0.3 is 77.1 Å². The molecule has 0 aromatic rings. The first-order valence-corrected chi connectivity index (χ1v) is 12.7. The Labute approximate surface area is 76.9 Å². The maximum absolute atomic E-state index is 5.38. The quantitative estimate of drug-likeness (QED) is 0.425. The third-order valence-corrected chi connectivity index (χ3v) is 11.7. The molecule has 10 heavy (non-hydrogen) atoms. The van der Waals surface area contributed by atoms with Crippen molar-refractivity contribution in [1.82, 2.24) is 0 Å². The van der Waals surface area contributed by atoms with Gasteiger partial charge in [0, 0.05) is 0 Å². The molecule has 1 unspecified atom stereocenters. The average molecular weight is 268 g/mol. The molecule has 0 saturated heterocycles. The molecule has 0 heterocycles.